The molecular weight excluding hydrogens is 570 g/mol. The van der Waals surface area contributed by atoms with E-state index in [1.165, 1.54) is 0 Å². The molecular formula is C35H41N5O5. The lowest BCUT2D eigenvalue weighted by molar-refractivity contribution is -0.126. The molecule has 3 fully saturated rings. The number of aromatic nitrogens is 1. The zero-order valence-electron chi connectivity index (χ0n) is 26.1. The number of nitrogens with zero attached hydrogens (tertiary/aromatic N) is 4. The molecule has 7 rings (SSSR count). The van der Waals surface area contributed by atoms with Gasteiger partial charge in [-0.3, -0.25) is 9.59 Å². The van der Waals surface area contributed by atoms with Crippen molar-refractivity contribution in [1.29, 1.82) is 0 Å². The van der Waals surface area contributed by atoms with E-state index in [4.69, 9.17) is 14.2 Å². The Morgan fingerprint density at radius 2 is 1.82 bits per heavy atom. The number of hydrogen-bond donors (Lipinski definition) is 1. The van der Waals surface area contributed by atoms with Crippen molar-refractivity contribution in [2.45, 2.75) is 50.2 Å². The van der Waals surface area contributed by atoms with Crippen molar-refractivity contribution in [3.05, 3.63) is 71.4 Å². The number of carbonyl (C=O) groups is 2. The Morgan fingerprint density at radius 3 is 2.51 bits per heavy atom. The fourth-order valence-electron chi connectivity index (χ4n) is 7.05. The number of methoxy groups -OCH3 is 1. The molecule has 1 saturated carbocycles. The molecule has 10 nitrogen and oxygen atoms in total. The van der Waals surface area contributed by atoms with Gasteiger partial charge in [-0.15, -0.1) is 0 Å². The molecule has 2 saturated heterocycles. The van der Waals surface area contributed by atoms with Gasteiger partial charge in [-0.05, 0) is 74.2 Å². The van der Waals surface area contributed by atoms with Crippen LogP contribution in [0.4, 0.5) is 17.2 Å². The molecule has 10 heteroatoms. The molecule has 1 aromatic heterocycles. The lowest BCUT2D eigenvalue weighted by Gasteiger charge is -2.37. The Kier molecular flexibility index (Phi) is 8.10. The number of piperidine rings is 1. The van der Waals surface area contributed by atoms with E-state index in [1.54, 1.807) is 19.4 Å². The number of likely N-dealkylation sites (tertiary alicyclic amines) is 1. The topological polar surface area (TPSA) is 96.5 Å². The maximum absolute atomic E-state index is 14.3. The van der Waals surface area contributed by atoms with E-state index in [2.05, 4.69) is 27.1 Å². The minimum Gasteiger partial charge on any atom is -0.497 e. The van der Waals surface area contributed by atoms with Gasteiger partial charge in [0.1, 0.15) is 23.4 Å². The van der Waals surface area contributed by atoms with Gasteiger partial charge in [0, 0.05) is 44.1 Å². The quantitative estimate of drug-likeness (QED) is 0.394. The van der Waals surface area contributed by atoms with Gasteiger partial charge in [-0.1, -0.05) is 18.6 Å². The highest BCUT2D eigenvalue weighted by Crippen LogP contribution is 2.57. The summed E-state index contributed by atoms with van der Waals surface area (Å²) in [6.45, 7) is 4.90. The average molecular weight is 612 g/mol. The summed E-state index contributed by atoms with van der Waals surface area (Å²) in [5.41, 5.74) is 3.34. The number of rotatable bonds is 8. The van der Waals surface area contributed by atoms with Gasteiger partial charge in [0.15, 0.2) is 0 Å². The fraction of sp³-hybridized carbons (Fsp3) is 0.457. The fourth-order valence-corrected chi connectivity index (χ4v) is 7.05. The largest absolute Gasteiger partial charge is 0.497 e. The Morgan fingerprint density at radius 1 is 1.07 bits per heavy atom. The molecule has 0 radical (unpaired) electrons. The van der Waals surface area contributed by atoms with Crippen molar-refractivity contribution in [3.63, 3.8) is 0 Å². The summed E-state index contributed by atoms with van der Waals surface area (Å²) >= 11 is 0. The molecule has 3 aromatic rings. The summed E-state index contributed by atoms with van der Waals surface area (Å²) in [4.78, 5) is 39.0. The third-order valence-corrected chi connectivity index (χ3v) is 9.78. The minimum absolute atomic E-state index is 0.0263. The molecule has 0 atom stereocenters. The minimum atomic E-state index is -0.597. The van der Waals surface area contributed by atoms with Crippen LogP contribution in [0.2, 0.25) is 0 Å². The van der Waals surface area contributed by atoms with Gasteiger partial charge < -0.3 is 34.2 Å². The SMILES string of the molecule is COc1ccc(CN2C(=O)C3(CCC3)c3cc(NC(=O)c4cccnc4N4CCOCC4)cc(OC4CCN(C)CC4)c32)cc1. The van der Waals surface area contributed by atoms with E-state index in [-0.39, 0.29) is 17.9 Å². The average Bonchev–Trinajstić information content (AvgIpc) is 3.30. The number of pyridine rings is 1. The predicted molar refractivity (Wildman–Crippen MR) is 173 cm³/mol. The van der Waals surface area contributed by atoms with E-state index in [0.29, 0.717) is 55.7 Å². The maximum atomic E-state index is 14.3. The molecule has 4 heterocycles. The van der Waals surface area contributed by atoms with Gasteiger partial charge in [-0.25, -0.2) is 4.98 Å². The van der Waals surface area contributed by atoms with Gasteiger partial charge in [0.2, 0.25) is 5.91 Å². The first-order valence-corrected chi connectivity index (χ1v) is 16.0. The van der Waals surface area contributed by atoms with Crippen molar-refractivity contribution >= 4 is 29.0 Å². The molecule has 0 bridgehead atoms. The Bertz CT molecular complexity index is 1560. The second kappa shape index (κ2) is 12.3. The molecule has 1 spiro atoms. The van der Waals surface area contributed by atoms with Gasteiger partial charge in [0.25, 0.3) is 5.91 Å². The van der Waals surface area contributed by atoms with E-state index < -0.39 is 5.41 Å². The molecule has 236 valence electrons. The number of anilines is 3. The summed E-state index contributed by atoms with van der Waals surface area (Å²) in [6.07, 6.45) is 6.10. The number of amides is 2. The molecule has 2 aromatic carbocycles. The van der Waals surface area contributed by atoms with Crippen LogP contribution in [0.3, 0.4) is 0 Å². The number of morpholine rings is 1. The van der Waals surface area contributed by atoms with Crippen molar-refractivity contribution in [2.75, 3.05) is 68.7 Å². The maximum Gasteiger partial charge on any atom is 0.259 e. The van der Waals surface area contributed by atoms with Crippen LogP contribution in [-0.2, 0) is 21.5 Å². The highest BCUT2D eigenvalue weighted by molar-refractivity contribution is 6.12. The van der Waals surface area contributed by atoms with Crippen LogP contribution in [0.25, 0.3) is 0 Å². The molecule has 45 heavy (non-hydrogen) atoms. The molecule has 3 aliphatic heterocycles. The summed E-state index contributed by atoms with van der Waals surface area (Å²) in [6, 6.07) is 15.4. The summed E-state index contributed by atoms with van der Waals surface area (Å²) < 4.78 is 17.7. The third-order valence-electron chi connectivity index (χ3n) is 9.78. The van der Waals surface area contributed by atoms with Crippen LogP contribution < -0.4 is 24.6 Å². The second-order valence-electron chi connectivity index (χ2n) is 12.6. The summed E-state index contributed by atoms with van der Waals surface area (Å²) in [5.74, 6) is 1.95. The second-order valence-corrected chi connectivity index (χ2v) is 12.6. The Balaban J connectivity index is 1.25. The van der Waals surface area contributed by atoms with Crippen molar-refractivity contribution in [3.8, 4) is 11.5 Å². The molecule has 4 aliphatic rings. The first-order chi connectivity index (χ1) is 21.9. The highest BCUT2D eigenvalue weighted by Gasteiger charge is 2.55. The number of carbonyl (C=O) groups excluding carboxylic acids is 2. The normalized spacial score (nSPS) is 19.7. The number of hydrogen-bond acceptors (Lipinski definition) is 8. The number of fused-ring (bicyclic) bond motifs is 2. The van der Waals surface area contributed by atoms with E-state index in [1.807, 2.05) is 47.4 Å². The molecule has 1 aliphatic carbocycles. The van der Waals surface area contributed by atoms with Gasteiger partial charge >= 0.3 is 0 Å². The Labute approximate surface area is 264 Å². The zero-order chi connectivity index (χ0) is 31.0. The van der Waals surface area contributed by atoms with Crippen LogP contribution in [0.5, 0.6) is 11.5 Å². The van der Waals surface area contributed by atoms with Crippen LogP contribution >= 0.6 is 0 Å². The van der Waals surface area contributed by atoms with Crippen molar-refractivity contribution in [1.82, 2.24) is 9.88 Å². The zero-order valence-corrected chi connectivity index (χ0v) is 26.1. The first kappa shape index (κ1) is 29.6. The van der Waals surface area contributed by atoms with E-state index in [0.717, 1.165) is 67.8 Å². The van der Waals surface area contributed by atoms with Crippen LogP contribution in [0.15, 0.2) is 54.7 Å². The number of benzene rings is 2. The van der Waals surface area contributed by atoms with Crippen LogP contribution in [0, 0.1) is 0 Å². The highest BCUT2D eigenvalue weighted by atomic mass is 16.5. The standard InChI is InChI=1S/C35H41N5O5/c1-38-15-10-27(11-16-38)45-30-22-25(37-33(41)28-5-3-14-36-32(28)39-17-19-44-20-18-39)21-29-31(30)40(34(42)35(29)12-4-13-35)23-24-6-8-26(43-2)9-7-24/h3,5-9,14,21-22,27H,4,10-13,15-20,23H2,1-2H3,(H,37,41). The smallest absolute Gasteiger partial charge is 0.259 e. The third kappa shape index (κ3) is 5.61. The monoisotopic (exact) mass is 611 g/mol. The molecule has 1 N–H and O–H groups in total. The van der Waals surface area contributed by atoms with Crippen LogP contribution in [-0.4, -0.2) is 81.4 Å². The van der Waals surface area contributed by atoms with Crippen molar-refractivity contribution in [2.24, 2.45) is 0 Å². The lowest BCUT2D eigenvalue weighted by atomic mass is 9.65. The predicted octanol–water partition coefficient (Wildman–Crippen LogP) is 4.62. The Hall–Kier alpha value is -4.15. The number of ether oxygens (including phenoxy) is 3. The summed E-state index contributed by atoms with van der Waals surface area (Å²) in [5, 5.41) is 3.16. The summed E-state index contributed by atoms with van der Waals surface area (Å²) in [7, 11) is 3.78. The molecule has 0 unspecified atom stereocenters. The van der Waals surface area contributed by atoms with Gasteiger partial charge in [0.05, 0.1) is 43.5 Å². The number of nitrogens with one attached hydrogen (secondary N) is 1. The molecule has 2 amide bonds. The van der Waals surface area contributed by atoms with Gasteiger partial charge in [-0.2, -0.15) is 0 Å². The van der Waals surface area contributed by atoms with Crippen molar-refractivity contribution < 1.29 is 23.8 Å². The lowest BCUT2D eigenvalue weighted by Crippen LogP contribution is -2.44. The van der Waals surface area contributed by atoms with Crippen LogP contribution in [0.1, 0.15) is 53.6 Å². The van der Waals surface area contributed by atoms with E-state index >= 15 is 0 Å². The van der Waals surface area contributed by atoms with E-state index in [9.17, 15) is 9.59 Å². The first-order valence-electron chi connectivity index (χ1n) is 16.0.